The zero-order valence-corrected chi connectivity index (χ0v) is 16.6. The van der Waals surface area contributed by atoms with Gasteiger partial charge in [0.15, 0.2) is 5.13 Å². The number of nitrogens with one attached hydrogen (secondary N) is 2. The van der Waals surface area contributed by atoms with Crippen molar-refractivity contribution in [3.05, 3.63) is 11.1 Å². The second-order valence-electron chi connectivity index (χ2n) is 7.14. The third kappa shape index (κ3) is 7.26. The fraction of sp³-hybridized carbons (Fsp3) is 0.625. The van der Waals surface area contributed by atoms with E-state index in [9.17, 15) is 14.4 Å². The maximum Gasteiger partial charge on any atom is 0.413 e. The Morgan fingerprint density at radius 1 is 1.35 bits per heavy atom. The lowest BCUT2D eigenvalue weighted by atomic mass is 10.1. The van der Waals surface area contributed by atoms with Gasteiger partial charge < -0.3 is 20.1 Å². The molecule has 1 aromatic heterocycles. The molecule has 0 aliphatic rings. The number of thiazole rings is 1. The van der Waals surface area contributed by atoms with Crippen molar-refractivity contribution in [2.75, 3.05) is 12.4 Å². The zero-order valence-electron chi connectivity index (χ0n) is 15.8. The van der Waals surface area contributed by atoms with Gasteiger partial charge in [-0.05, 0) is 26.7 Å². The molecule has 0 unspecified atom stereocenters. The van der Waals surface area contributed by atoms with Gasteiger partial charge in [-0.1, -0.05) is 13.8 Å². The Hall–Kier alpha value is -2.36. The molecule has 1 heterocycles. The van der Waals surface area contributed by atoms with E-state index in [0.29, 0.717) is 10.8 Å². The van der Waals surface area contributed by atoms with Gasteiger partial charge >= 0.3 is 18.1 Å². The first-order chi connectivity index (χ1) is 11.9. The molecule has 0 spiro atoms. The lowest BCUT2D eigenvalue weighted by Gasteiger charge is -2.22. The van der Waals surface area contributed by atoms with Crippen molar-refractivity contribution in [1.82, 2.24) is 15.2 Å². The highest BCUT2D eigenvalue weighted by Gasteiger charge is 2.25. The lowest BCUT2D eigenvalue weighted by Crippen LogP contribution is -2.48. The number of rotatable bonds is 6. The number of carbonyl (C=O) groups is 3. The van der Waals surface area contributed by atoms with Crippen molar-refractivity contribution in [2.45, 2.75) is 52.8 Å². The number of ether oxygens (including phenoxy) is 1. The van der Waals surface area contributed by atoms with Crippen molar-refractivity contribution in [3.8, 4) is 0 Å². The van der Waals surface area contributed by atoms with Crippen LogP contribution in [0.2, 0.25) is 0 Å². The summed E-state index contributed by atoms with van der Waals surface area (Å²) in [5.41, 5.74) is -0.0466. The van der Waals surface area contributed by atoms with Gasteiger partial charge in [-0.15, -0.1) is 11.3 Å². The van der Waals surface area contributed by atoms with E-state index in [4.69, 9.17) is 9.84 Å². The molecule has 0 aliphatic carbocycles. The molecule has 0 radical (unpaired) electrons. The number of aromatic nitrogens is 1. The summed E-state index contributed by atoms with van der Waals surface area (Å²) in [5.74, 6) is -1.33. The van der Waals surface area contributed by atoms with Crippen LogP contribution in [0.4, 0.5) is 14.7 Å². The monoisotopic (exact) mass is 386 g/mol. The average Bonchev–Trinajstić information content (AvgIpc) is 2.88. The Bertz CT molecular complexity index is 653. The molecule has 0 fully saturated rings. The first-order valence-corrected chi connectivity index (χ1v) is 8.96. The second-order valence-corrected chi connectivity index (χ2v) is 7.99. The summed E-state index contributed by atoms with van der Waals surface area (Å²) in [4.78, 5) is 40.6. The van der Waals surface area contributed by atoms with Crippen LogP contribution >= 0.6 is 11.3 Å². The highest BCUT2D eigenvalue weighted by molar-refractivity contribution is 7.13. The van der Waals surface area contributed by atoms with Gasteiger partial charge in [0, 0.05) is 12.4 Å². The van der Waals surface area contributed by atoms with Crippen LogP contribution in [0.5, 0.6) is 0 Å². The van der Waals surface area contributed by atoms with Gasteiger partial charge in [-0.3, -0.25) is 5.32 Å². The van der Waals surface area contributed by atoms with E-state index in [2.05, 4.69) is 15.6 Å². The van der Waals surface area contributed by atoms with Crippen LogP contribution in [0.15, 0.2) is 5.38 Å². The number of hydrogen-bond donors (Lipinski definition) is 3. The Morgan fingerprint density at radius 2 is 1.96 bits per heavy atom. The third-order valence-electron chi connectivity index (χ3n) is 3.12. The number of anilines is 1. The van der Waals surface area contributed by atoms with Gasteiger partial charge in [-0.2, -0.15) is 0 Å². The largest absolute Gasteiger partial charge is 0.480 e. The molecule has 10 heteroatoms. The van der Waals surface area contributed by atoms with E-state index in [-0.39, 0.29) is 12.5 Å². The minimum Gasteiger partial charge on any atom is -0.480 e. The molecule has 9 nitrogen and oxygen atoms in total. The summed E-state index contributed by atoms with van der Waals surface area (Å²) in [5, 5.41) is 16.2. The van der Waals surface area contributed by atoms with Crippen LogP contribution < -0.4 is 10.6 Å². The Balaban J connectivity index is 2.61. The Kier molecular flexibility index (Phi) is 7.37. The molecule has 0 bridgehead atoms. The fourth-order valence-corrected chi connectivity index (χ4v) is 2.59. The predicted molar refractivity (Wildman–Crippen MR) is 98.2 cm³/mol. The van der Waals surface area contributed by atoms with Crippen molar-refractivity contribution < 1.29 is 24.2 Å². The van der Waals surface area contributed by atoms with Gasteiger partial charge in [0.2, 0.25) is 0 Å². The average molecular weight is 386 g/mol. The molecule has 26 heavy (non-hydrogen) atoms. The molecule has 1 rings (SSSR count). The number of carboxylic acid groups (broad SMARTS) is 1. The van der Waals surface area contributed by atoms with Crippen LogP contribution in [0.1, 0.15) is 40.3 Å². The van der Waals surface area contributed by atoms with Crippen molar-refractivity contribution >= 4 is 34.6 Å². The summed E-state index contributed by atoms with van der Waals surface area (Å²) in [6.45, 7) is 8.88. The van der Waals surface area contributed by atoms with Crippen molar-refractivity contribution in [2.24, 2.45) is 5.92 Å². The van der Waals surface area contributed by atoms with E-state index in [1.165, 1.54) is 23.3 Å². The molecule has 1 atom stereocenters. The summed E-state index contributed by atoms with van der Waals surface area (Å²) >= 11 is 1.21. The highest BCUT2D eigenvalue weighted by Crippen LogP contribution is 2.18. The van der Waals surface area contributed by atoms with Gasteiger partial charge in [-0.25, -0.2) is 19.4 Å². The number of urea groups is 1. The number of carboxylic acids is 1. The Labute approximate surface area is 156 Å². The second kappa shape index (κ2) is 8.84. The molecule has 0 aliphatic heterocycles. The molecule has 3 amide bonds. The van der Waals surface area contributed by atoms with Crippen molar-refractivity contribution in [3.63, 3.8) is 0 Å². The van der Waals surface area contributed by atoms with E-state index in [0.717, 1.165) is 0 Å². The van der Waals surface area contributed by atoms with Crippen LogP contribution in [-0.4, -0.2) is 51.8 Å². The topological polar surface area (TPSA) is 121 Å². The quantitative estimate of drug-likeness (QED) is 0.691. The van der Waals surface area contributed by atoms with E-state index in [1.807, 2.05) is 0 Å². The first-order valence-electron chi connectivity index (χ1n) is 8.08. The lowest BCUT2D eigenvalue weighted by molar-refractivity contribution is -0.140. The van der Waals surface area contributed by atoms with Crippen LogP contribution in [0.3, 0.4) is 0 Å². The molecule has 1 aromatic rings. The minimum absolute atomic E-state index is 0.169. The fourth-order valence-electron chi connectivity index (χ4n) is 1.90. The first kappa shape index (κ1) is 21.7. The maximum atomic E-state index is 12.1. The van der Waals surface area contributed by atoms with Crippen LogP contribution in [0, 0.1) is 5.92 Å². The molecule has 0 saturated heterocycles. The molecule has 0 aromatic carbocycles. The standard InChI is InChI=1S/C16H26N4O5S/c1-9(2)11(12(21)22)18-14(23)20(6)7-10-8-26-13(17-10)19-15(24)25-16(3,4)5/h8-9,11H,7H2,1-6H3,(H,18,23)(H,21,22)(H,17,19,24)/t11-/m0/s1. The maximum absolute atomic E-state index is 12.1. The zero-order chi connectivity index (χ0) is 20.1. The number of amides is 3. The summed E-state index contributed by atoms with van der Waals surface area (Å²) in [6.07, 6.45) is -0.606. The van der Waals surface area contributed by atoms with E-state index < -0.39 is 29.7 Å². The van der Waals surface area contributed by atoms with E-state index >= 15 is 0 Å². The summed E-state index contributed by atoms with van der Waals surface area (Å²) in [6, 6.07) is -1.48. The normalized spacial score (nSPS) is 12.4. The van der Waals surface area contributed by atoms with Crippen LogP contribution in [0.25, 0.3) is 0 Å². The summed E-state index contributed by atoms with van der Waals surface area (Å²) in [7, 11) is 1.54. The third-order valence-corrected chi connectivity index (χ3v) is 3.92. The highest BCUT2D eigenvalue weighted by atomic mass is 32.1. The SMILES string of the molecule is CC(C)[C@H](NC(=O)N(C)Cc1csc(NC(=O)OC(C)(C)C)n1)C(=O)O. The van der Waals surface area contributed by atoms with Gasteiger partial charge in [0.25, 0.3) is 0 Å². The van der Waals surface area contributed by atoms with Crippen LogP contribution in [-0.2, 0) is 16.1 Å². The number of nitrogens with zero attached hydrogens (tertiary/aromatic N) is 2. The van der Waals surface area contributed by atoms with Gasteiger partial charge in [0.05, 0.1) is 12.2 Å². The molecular formula is C16H26N4O5S. The number of aliphatic carboxylic acids is 1. The summed E-state index contributed by atoms with van der Waals surface area (Å²) < 4.78 is 5.15. The molecule has 0 saturated carbocycles. The molecule has 146 valence electrons. The number of hydrogen-bond acceptors (Lipinski definition) is 6. The Morgan fingerprint density at radius 3 is 2.46 bits per heavy atom. The molecular weight excluding hydrogens is 360 g/mol. The number of carbonyl (C=O) groups excluding carboxylic acids is 2. The minimum atomic E-state index is -1.08. The van der Waals surface area contributed by atoms with Crippen molar-refractivity contribution in [1.29, 1.82) is 0 Å². The predicted octanol–water partition coefficient (Wildman–Crippen LogP) is 2.74. The molecule has 3 N–H and O–H groups in total. The smallest absolute Gasteiger partial charge is 0.413 e. The van der Waals surface area contributed by atoms with Gasteiger partial charge in [0.1, 0.15) is 11.6 Å². The van der Waals surface area contributed by atoms with E-state index in [1.54, 1.807) is 40.0 Å².